The number of fused-ring (bicyclic) bond motifs is 2. The number of aromatic nitrogens is 8. The van der Waals surface area contributed by atoms with E-state index in [1.165, 1.54) is 99.7 Å². The Morgan fingerprint density at radius 2 is 0.708 bits per heavy atom. The third-order valence-electron chi connectivity index (χ3n) is 19.5. The second-order valence-electron chi connectivity index (χ2n) is 32.2. The van der Waals surface area contributed by atoms with Gasteiger partial charge < -0.3 is 80.1 Å². The molecule has 14 N–H and O–H groups in total. The van der Waals surface area contributed by atoms with Crippen molar-refractivity contribution in [1.82, 2.24) is 58.6 Å². The SMILES string of the molecule is CC(C)OC(=O)C(C)NP1(=O)OC[C@H]2O[C@@H](n3ccc(N)nc3=O)[C@](C)(Cl)[C@@H]2O1.CC(C)OC(=O)[C@@H](C)NP1(=O)OC[C@H]2O[C@@H](n3ccc(N)nc3=O)[C@](C)(Cl)[C@@H]2O1.CC(C)OC(=O)[C@H](C)N[P@@](=O)(OC[C@H]1O[C@@H](n2ccc(N)nc2=O)[C@](C)(Cl)[C@@H]1O)Oc1ccccc1.CC(C)OC(=O)[C@H](C)N[P@](=O)(OC[C@H]1O[C@@H](n2ccc(N)nc2=O)[C@](C)(Cl)[C@@H]1O)Oc1ccccc1. The van der Waals surface area contributed by atoms with E-state index in [1.54, 1.807) is 130 Å². The molecule has 0 saturated carbocycles. The Hall–Kier alpha value is -7.92. The largest absolute Gasteiger partial charge is 0.462 e. The molecule has 6 fully saturated rings. The maximum absolute atomic E-state index is 13.6. The minimum absolute atomic E-state index is 0.0149. The predicted octanol–water partition coefficient (Wildman–Crippen LogP) is 6.78. The highest BCUT2D eigenvalue weighted by Crippen LogP contribution is 2.60. The highest BCUT2D eigenvalue weighted by atomic mass is 35.5. The molecule has 130 heavy (non-hydrogen) atoms. The number of aliphatic hydroxyl groups is 2. The predicted molar refractivity (Wildman–Crippen MR) is 470 cm³/mol. The van der Waals surface area contributed by atoms with Crippen molar-refractivity contribution < 1.29 is 122 Å². The van der Waals surface area contributed by atoms with Gasteiger partial charge in [-0.25, -0.2) is 47.6 Å². The van der Waals surface area contributed by atoms with Crippen molar-refractivity contribution in [2.24, 2.45) is 0 Å². The minimum Gasteiger partial charge on any atom is -0.462 e. The van der Waals surface area contributed by atoms with Crippen LogP contribution >= 0.6 is 77.4 Å². The van der Waals surface area contributed by atoms with Gasteiger partial charge in [0, 0.05) is 24.8 Å². The molecule has 0 spiro atoms. The number of carbonyl (C=O) groups excluding carboxylic acids is 4. The number of alkyl halides is 4. The fraction of sp³-hybridized carbons (Fsp3) is 0.579. The third kappa shape index (κ3) is 26.8. The first-order chi connectivity index (χ1) is 60.5. The zero-order valence-corrected chi connectivity index (χ0v) is 79.9. The zero-order valence-electron chi connectivity index (χ0n) is 73.3. The average Bonchev–Trinajstić information content (AvgIpc) is 1.50. The molecule has 46 nitrogen and oxygen atoms in total. The second kappa shape index (κ2) is 43.6. The molecule has 6 aliphatic rings. The first kappa shape index (κ1) is 106. The quantitative estimate of drug-likeness (QED) is 0.00961. The van der Waals surface area contributed by atoms with Crippen LogP contribution in [-0.2, 0) is 102 Å². The van der Waals surface area contributed by atoms with Gasteiger partial charge in [-0.15, -0.1) is 46.4 Å². The van der Waals surface area contributed by atoms with Gasteiger partial charge in [0.25, 0.3) is 0 Å². The van der Waals surface area contributed by atoms with Crippen molar-refractivity contribution >= 4 is 125 Å². The van der Waals surface area contributed by atoms with Crippen LogP contribution in [0.4, 0.5) is 23.3 Å². The van der Waals surface area contributed by atoms with E-state index in [0.717, 1.165) is 9.13 Å². The van der Waals surface area contributed by atoms with Gasteiger partial charge in [-0.2, -0.15) is 30.1 Å². The van der Waals surface area contributed by atoms with Crippen LogP contribution in [-0.4, -0.2) is 216 Å². The number of nitrogens with zero attached hydrogens (tertiary/aromatic N) is 8. The highest BCUT2D eigenvalue weighted by molar-refractivity contribution is 7.52. The van der Waals surface area contributed by atoms with Crippen LogP contribution in [0.15, 0.2) is 129 Å². The molecular weight excluding hydrogens is 1880 g/mol. The molecule has 54 heteroatoms. The number of halogens is 4. The smallest absolute Gasteiger partial charge is 0.459 e. The van der Waals surface area contributed by atoms with Crippen molar-refractivity contribution in [1.29, 1.82) is 0 Å². The number of nitrogens with one attached hydrogen (secondary N) is 4. The van der Waals surface area contributed by atoms with Gasteiger partial charge in [-0.3, -0.25) is 64.6 Å². The van der Waals surface area contributed by atoms with Crippen LogP contribution in [0.25, 0.3) is 0 Å². The second-order valence-corrected chi connectivity index (χ2v) is 42.2. The van der Waals surface area contributed by atoms with Crippen molar-refractivity contribution in [2.45, 2.75) is 253 Å². The van der Waals surface area contributed by atoms with E-state index in [9.17, 15) is 66.8 Å². The van der Waals surface area contributed by atoms with E-state index >= 15 is 0 Å². The van der Waals surface area contributed by atoms with Crippen LogP contribution in [0.2, 0.25) is 0 Å². The van der Waals surface area contributed by atoms with Crippen LogP contribution in [0, 0.1) is 0 Å². The Bertz CT molecular complexity index is 5080. The Morgan fingerprint density at radius 3 is 0.969 bits per heavy atom. The fourth-order valence-electron chi connectivity index (χ4n) is 13.2. The summed E-state index contributed by atoms with van der Waals surface area (Å²) in [6, 6.07) is 18.0. The van der Waals surface area contributed by atoms with Crippen LogP contribution in [0.1, 0.15) is 136 Å². The molecule has 3 unspecified atom stereocenters. The van der Waals surface area contributed by atoms with E-state index in [-0.39, 0.29) is 72.4 Å². The summed E-state index contributed by atoms with van der Waals surface area (Å²) >= 11 is 26.5. The lowest BCUT2D eigenvalue weighted by Gasteiger charge is -2.36. The Kier molecular flexibility index (Phi) is 35.5. The normalized spacial score (nSPS) is 30.4. The molecule has 6 saturated heterocycles. The maximum Gasteiger partial charge on any atom is 0.459 e. The number of anilines is 4. The monoisotopic (exact) mass is 1990 g/mol. The van der Waals surface area contributed by atoms with Gasteiger partial charge >= 0.3 is 77.6 Å². The highest BCUT2D eigenvalue weighted by Gasteiger charge is 2.63. The number of esters is 4. The van der Waals surface area contributed by atoms with E-state index in [1.807, 2.05) is 0 Å². The number of ether oxygens (including phenoxy) is 8. The molecule has 0 amide bonds. The molecule has 0 radical (unpaired) electrons. The number of rotatable bonds is 30. The summed E-state index contributed by atoms with van der Waals surface area (Å²) in [6.45, 7) is 24.4. The van der Waals surface area contributed by atoms with E-state index in [0.29, 0.717) is 0 Å². The molecule has 6 aliphatic heterocycles. The van der Waals surface area contributed by atoms with Gasteiger partial charge in [0.05, 0.1) is 50.8 Å². The molecule has 2 aromatic carbocycles. The molecule has 720 valence electrons. The summed E-state index contributed by atoms with van der Waals surface area (Å²) < 4.78 is 146. The number of hydrogen-bond donors (Lipinski definition) is 10. The first-order valence-corrected chi connectivity index (χ1v) is 48.1. The number of hydrogen-bond acceptors (Lipinski definition) is 38. The average molecular weight is 1990 g/mol. The number of aliphatic hydroxyl groups excluding tert-OH is 2. The lowest BCUT2D eigenvalue weighted by Crippen LogP contribution is -2.47. The molecule has 24 atom stereocenters. The van der Waals surface area contributed by atoms with Gasteiger partial charge in [0.1, 0.15) is 127 Å². The van der Waals surface area contributed by atoms with Crippen molar-refractivity contribution in [3.05, 3.63) is 152 Å². The van der Waals surface area contributed by atoms with Gasteiger partial charge in [-0.1, -0.05) is 36.4 Å². The molecule has 12 rings (SSSR count). The summed E-state index contributed by atoms with van der Waals surface area (Å²) in [4.78, 5) is 107. The minimum atomic E-state index is -4.21. The molecule has 0 aliphatic carbocycles. The summed E-state index contributed by atoms with van der Waals surface area (Å²) in [6.07, 6.45) is -8.17. The molecule has 10 heterocycles. The number of nitrogens with two attached hydrogens (primary N) is 4. The summed E-state index contributed by atoms with van der Waals surface area (Å²) in [7, 11) is -16.2. The standard InChI is InChI=1S/2C22H30ClN4O8P.2C16H24ClN4O7P/c2*1-13(2)33-19(29)14(3)26-36(31,35-15-8-6-5-7-9-15)32-12-16-18(28)22(4,23)20(34-16)27-11-10-17(24)25-21(27)30;2*1-8(2)26-13(22)9(3)20-29(24)25-7-10-12(28-29)16(4,17)14(27-10)21-6-5-11(18)19-15(21)23/h2*5-11,13-14,16,18,20,28H,12H2,1-4H3,(H,26,31)(H2,24,25,30);2*5-6,8-10,12,14H,7H2,1-4H3,(H,20,24)(H2,18,19,23)/t14-,16+,18+,20+,22+,36+;14-,16+,18+,20+,22+,36-;9?,10-,12-,14-,16-,29?;9-,10-,12-,14-,16-,29?/m0011/s1. The van der Waals surface area contributed by atoms with Crippen LogP contribution < -0.4 is 75.1 Å². The van der Waals surface area contributed by atoms with E-state index in [2.05, 4.69) is 40.3 Å². The number of nitrogen functional groups attached to an aromatic ring is 4. The zero-order chi connectivity index (χ0) is 96.5. The topological polar surface area (TPSA) is 616 Å². The lowest BCUT2D eigenvalue weighted by molar-refractivity contribution is -0.150. The summed E-state index contributed by atoms with van der Waals surface area (Å²) in [5.74, 6) is -1.94. The number of carbonyl (C=O) groups is 4. The lowest BCUT2D eigenvalue weighted by atomic mass is 10.0. The molecule has 6 aromatic rings. The van der Waals surface area contributed by atoms with Gasteiger partial charge in [0.2, 0.25) is 0 Å². The molecular formula is C76H108Cl4N16O30P4. The summed E-state index contributed by atoms with van der Waals surface area (Å²) in [5, 5.41) is 31.9. The maximum atomic E-state index is 13.6. The summed E-state index contributed by atoms with van der Waals surface area (Å²) in [5.41, 5.74) is 19.4. The van der Waals surface area contributed by atoms with Crippen molar-refractivity contribution in [3.63, 3.8) is 0 Å². The molecule has 0 bridgehead atoms. The third-order valence-corrected chi connectivity index (χ3v) is 27.8. The van der Waals surface area contributed by atoms with Gasteiger partial charge in [-0.05, 0) is 159 Å². The Labute approximate surface area is 765 Å². The Balaban J connectivity index is 0.000000196. The Morgan fingerprint density at radius 1 is 0.446 bits per heavy atom. The van der Waals surface area contributed by atoms with Crippen molar-refractivity contribution in [3.8, 4) is 11.5 Å². The first-order valence-electron chi connectivity index (χ1n) is 40.4. The van der Waals surface area contributed by atoms with Crippen LogP contribution in [0.5, 0.6) is 11.5 Å². The number of benzene rings is 2. The van der Waals surface area contributed by atoms with Crippen LogP contribution in [0.3, 0.4) is 0 Å². The number of para-hydroxylation sites is 2. The van der Waals surface area contributed by atoms with Crippen molar-refractivity contribution in [2.75, 3.05) is 49.4 Å². The van der Waals surface area contributed by atoms with E-state index in [4.69, 9.17) is 143 Å². The fourth-order valence-corrected chi connectivity index (χ4v) is 21.2. The van der Waals surface area contributed by atoms with E-state index < -0.39 is 208 Å². The molecule has 4 aromatic heterocycles. The van der Waals surface area contributed by atoms with Gasteiger partial charge in [0.15, 0.2) is 24.9 Å².